The van der Waals surface area contributed by atoms with E-state index in [1.165, 1.54) is 24.2 Å². The average Bonchev–Trinajstić information content (AvgIpc) is 2.81. The van der Waals surface area contributed by atoms with Gasteiger partial charge in [-0.15, -0.1) is 11.3 Å². The standard InChI is InChI=1S/C14H22BrNOS/c1-4-11(5-2)9-16(6-3)10-12(17)13-7-8-14(15)18-13/h7-8,11H,4-6,9-10H2,1-3H3. The Kier molecular flexibility index (Phi) is 7.12. The Labute approximate surface area is 123 Å². The van der Waals surface area contributed by atoms with Crippen LogP contribution in [0, 0.1) is 5.92 Å². The first kappa shape index (κ1) is 15.9. The van der Waals surface area contributed by atoms with Gasteiger partial charge in [0.05, 0.1) is 15.2 Å². The number of halogens is 1. The molecule has 0 radical (unpaired) electrons. The second-order valence-electron chi connectivity index (χ2n) is 4.54. The maximum absolute atomic E-state index is 12.1. The van der Waals surface area contributed by atoms with Gasteiger partial charge < -0.3 is 0 Å². The summed E-state index contributed by atoms with van der Waals surface area (Å²) in [4.78, 5) is 15.2. The van der Waals surface area contributed by atoms with Crippen LogP contribution in [-0.4, -0.2) is 30.3 Å². The lowest BCUT2D eigenvalue weighted by Gasteiger charge is -2.24. The van der Waals surface area contributed by atoms with E-state index in [-0.39, 0.29) is 5.78 Å². The zero-order valence-electron chi connectivity index (χ0n) is 11.4. The molecule has 0 aliphatic carbocycles. The van der Waals surface area contributed by atoms with Crippen LogP contribution in [0.3, 0.4) is 0 Å². The van der Waals surface area contributed by atoms with E-state index in [1.807, 2.05) is 12.1 Å². The summed E-state index contributed by atoms with van der Waals surface area (Å²) in [6.45, 7) is 9.08. The fraction of sp³-hybridized carbons (Fsp3) is 0.643. The molecule has 1 aromatic heterocycles. The second kappa shape index (κ2) is 8.08. The molecule has 4 heteroatoms. The highest BCUT2D eigenvalue weighted by Crippen LogP contribution is 2.22. The smallest absolute Gasteiger partial charge is 0.186 e. The predicted octanol–water partition coefficient (Wildman–Crippen LogP) is 4.45. The normalized spacial score (nSPS) is 11.4. The molecule has 0 spiro atoms. The molecule has 0 N–H and O–H groups in total. The predicted molar refractivity (Wildman–Crippen MR) is 82.5 cm³/mol. The van der Waals surface area contributed by atoms with Crippen molar-refractivity contribution in [2.45, 2.75) is 33.6 Å². The molecule has 0 saturated heterocycles. The number of nitrogens with zero attached hydrogens (tertiary/aromatic N) is 1. The Bertz CT molecular complexity index is 374. The van der Waals surface area contributed by atoms with Crippen LogP contribution in [0.4, 0.5) is 0 Å². The number of carbonyl (C=O) groups is 1. The number of likely N-dealkylation sites (N-methyl/N-ethyl adjacent to an activating group) is 1. The van der Waals surface area contributed by atoms with Crippen LogP contribution < -0.4 is 0 Å². The van der Waals surface area contributed by atoms with Gasteiger partial charge in [0, 0.05) is 6.54 Å². The molecular weight excluding hydrogens is 310 g/mol. The van der Waals surface area contributed by atoms with Crippen LogP contribution in [-0.2, 0) is 0 Å². The number of hydrogen-bond donors (Lipinski definition) is 0. The van der Waals surface area contributed by atoms with Gasteiger partial charge in [0.2, 0.25) is 0 Å². The maximum atomic E-state index is 12.1. The van der Waals surface area contributed by atoms with E-state index >= 15 is 0 Å². The van der Waals surface area contributed by atoms with Crippen molar-refractivity contribution >= 4 is 33.0 Å². The third kappa shape index (κ3) is 4.82. The second-order valence-corrected chi connectivity index (χ2v) is 7.00. The fourth-order valence-electron chi connectivity index (χ4n) is 1.96. The Morgan fingerprint density at radius 2 is 2.00 bits per heavy atom. The van der Waals surface area contributed by atoms with Crippen molar-refractivity contribution in [1.82, 2.24) is 4.90 Å². The summed E-state index contributed by atoms with van der Waals surface area (Å²) in [6.07, 6.45) is 2.37. The average molecular weight is 332 g/mol. The summed E-state index contributed by atoms with van der Waals surface area (Å²) in [5, 5.41) is 0. The molecule has 0 atom stereocenters. The summed E-state index contributed by atoms with van der Waals surface area (Å²) in [5.74, 6) is 0.936. The molecule has 0 amide bonds. The Morgan fingerprint density at radius 3 is 2.44 bits per heavy atom. The molecule has 102 valence electrons. The van der Waals surface area contributed by atoms with Gasteiger partial charge in [-0.3, -0.25) is 9.69 Å². The molecule has 0 fully saturated rings. The van der Waals surface area contributed by atoms with E-state index in [0.717, 1.165) is 21.8 Å². The lowest BCUT2D eigenvalue weighted by Crippen LogP contribution is -2.33. The molecule has 0 bridgehead atoms. The van der Waals surface area contributed by atoms with Gasteiger partial charge in [-0.05, 0) is 40.5 Å². The molecule has 0 aliphatic rings. The Balaban J connectivity index is 2.55. The summed E-state index contributed by atoms with van der Waals surface area (Å²) in [7, 11) is 0. The first-order valence-electron chi connectivity index (χ1n) is 6.61. The molecule has 1 aromatic rings. The number of hydrogen-bond acceptors (Lipinski definition) is 3. The molecule has 1 rings (SSSR count). The van der Waals surface area contributed by atoms with Crippen molar-refractivity contribution in [3.63, 3.8) is 0 Å². The van der Waals surface area contributed by atoms with Crippen LogP contribution in [0.25, 0.3) is 0 Å². The topological polar surface area (TPSA) is 20.3 Å². The van der Waals surface area contributed by atoms with Crippen LogP contribution in [0.5, 0.6) is 0 Å². The maximum Gasteiger partial charge on any atom is 0.186 e. The summed E-state index contributed by atoms with van der Waals surface area (Å²) in [5.41, 5.74) is 0. The first-order valence-corrected chi connectivity index (χ1v) is 8.22. The zero-order valence-corrected chi connectivity index (χ0v) is 13.8. The van der Waals surface area contributed by atoms with Crippen LogP contribution in [0.15, 0.2) is 15.9 Å². The molecule has 1 heterocycles. The molecule has 2 nitrogen and oxygen atoms in total. The fourth-order valence-corrected chi connectivity index (χ4v) is 3.28. The Hall–Kier alpha value is -0.190. The van der Waals surface area contributed by atoms with Crippen molar-refractivity contribution in [1.29, 1.82) is 0 Å². The van der Waals surface area contributed by atoms with E-state index in [0.29, 0.717) is 12.5 Å². The summed E-state index contributed by atoms with van der Waals surface area (Å²) >= 11 is 4.92. The summed E-state index contributed by atoms with van der Waals surface area (Å²) in [6, 6.07) is 3.84. The van der Waals surface area contributed by atoms with Gasteiger partial charge >= 0.3 is 0 Å². The monoisotopic (exact) mass is 331 g/mol. The van der Waals surface area contributed by atoms with E-state index in [1.54, 1.807) is 0 Å². The van der Waals surface area contributed by atoms with Gasteiger partial charge in [-0.1, -0.05) is 33.6 Å². The highest BCUT2D eigenvalue weighted by Gasteiger charge is 2.15. The lowest BCUT2D eigenvalue weighted by atomic mass is 10.0. The van der Waals surface area contributed by atoms with Crippen LogP contribution in [0.2, 0.25) is 0 Å². The molecular formula is C14H22BrNOS. The van der Waals surface area contributed by atoms with E-state index in [9.17, 15) is 4.79 Å². The molecule has 18 heavy (non-hydrogen) atoms. The van der Waals surface area contributed by atoms with Crippen molar-refractivity contribution in [2.24, 2.45) is 5.92 Å². The SMILES string of the molecule is CCC(CC)CN(CC)CC(=O)c1ccc(Br)s1. The first-order chi connectivity index (χ1) is 8.60. The van der Waals surface area contributed by atoms with Gasteiger partial charge in [0.25, 0.3) is 0 Å². The van der Waals surface area contributed by atoms with Crippen molar-refractivity contribution in [2.75, 3.05) is 19.6 Å². The van der Waals surface area contributed by atoms with Crippen molar-refractivity contribution < 1.29 is 4.79 Å². The van der Waals surface area contributed by atoms with E-state index in [4.69, 9.17) is 0 Å². The lowest BCUT2D eigenvalue weighted by molar-refractivity contribution is 0.0924. The largest absolute Gasteiger partial charge is 0.296 e. The minimum absolute atomic E-state index is 0.235. The zero-order chi connectivity index (χ0) is 13.5. The number of carbonyl (C=O) groups excluding carboxylic acids is 1. The third-order valence-electron chi connectivity index (χ3n) is 3.33. The van der Waals surface area contributed by atoms with E-state index < -0.39 is 0 Å². The third-order valence-corrected chi connectivity index (χ3v) is 5.00. The highest BCUT2D eigenvalue weighted by molar-refractivity contribution is 9.11. The van der Waals surface area contributed by atoms with Crippen LogP contribution >= 0.6 is 27.3 Å². The quantitative estimate of drug-likeness (QED) is 0.656. The number of rotatable bonds is 8. The van der Waals surface area contributed by atoms with E-state index in [2.05, 4.69) is 41.6 Å². The number of Topliss-reactive ketones (excluding diaryl/α,β-unsaturated/α-hetero) is 1. The van der Waals surface area contributed by atoms with Crippen LogP contribution in [0.1, 0.15) is 43.3 Å². The molecule has 0 saturated carbocycles. The summed E-state index contributed by atoms with van der Waals surface area (Å²) < 4.78 is 1.02. The number of thiophene rings is 1. The highest BCUT2D eigenvalue weighted by atomic mass is 79.9. The molecule has 0 unspecified atom stereocenters. The minimum atomic E-state index is 0.235. The van der Waals surface area contributed by atoms with Crippen molar-refractivity contribution in [3.8, 4) is 0 Å². The minimum Gasteiger partial charge on any atom is -0.296 e. The van der Waals surface area contributed by atoms with Gasteiger partial charge in [0.15, 0.2) is 5.78 Å². The van der Waals surface area contributed by atoms with Gasteiger partial charge in [-0.2, -0.15) is 0 Å². The molecule has 0 aromatic carbocycles. The Morgan fingerprint density at radius 1 is 1.33 bits per heavy atom. The van der Waals surface area contributed by atoms with Gasteiger partial charge in [0.1, 0.15) is 0 Å². The van der Waals surface area contributed by atoms with Gasteiger partial charge in [-0.25, -0.2) is 0 Å². The molecule has 0 aliphatic heterocycles. The number of ketones is 1. The van der Waals surface area contributed by atoms with Crippen molar-refractivity contribution in [3.05, 3.63) is 20.8 Å².